The maximum Gasteiger partial charge on any atom is 0.0870 e. The van der Waals surface area contributed by atoms with E-state index in [1.165, 1.54) is 71.0 Å². The van der Waals surface area contributed by atoms with Crippen LogP contribution in [0.3, 0.4) is 0 Å². The highest BCUT2D eigenvalue weighted by atomic mass is 15.4. The number of hydrogen-bond donors (Lipinski definition) is 3. The van der Waals surface area contributed by atoms with Crippen molar-refractivity contribution in [3.8, 4) is 0 Å². The van der Waals surface area contributed by atoms with Gasteiger partial charge in [0.15, 0.2) is 0 Å². The van der Waals surface area contributed by atoms with Crippen LogP contribution in [0.1, 0.15) is 51.4 Å². The molecule has 2 heterocycles. The van der Waals surface area contributed by atoms with Crippen LogP contribution in [-0.2, 0) is 0 Å². The third-order valence-electron chi connectivity index (χ3n) is 5.81. The van der Waals surface area contributed by atoms with Crippen molar-refractivity contribution in [2.24, 2.45) is 5.92 Å². The lowest BCUT2D eigenvalue weighted by Crippen LogP contribution is -2.72. The first-order chi connectivity index (χ1) is 10.4. The highest BCUT2D eigenvalue weighted by Gasteiger charge is 2.44. The van der Waals surface area contributed by atoms with Gasteiger partial charge in [-0.25, -0.2) is 0 Å². The molecule has 1 unspecified atom stereocenters. The number of nitrogens with one attached hydrogen (secondary N) is 3. The summed E-state index contributed by atoms with van der Waals surface area (Å²) in [4.78, 5) is 2.78. The predicted molar refractivity (Wildman–Crippen MR) is 88.5 cm³/mol. The van der Waals surface area contributed by atoms with E-state index in [0.29, 0.717) is 0 Å². The van der Waals surface area contributed by atoms with Crippen LogP contribution in [0.15, 0.2) is 0 Å². The van der Waals surface area contributed by atoms with Crippen LogP contribution in [0.5, 0.6) is 0 Å². The molecule has 1 aliphatic carbocycles. The van der Waals surface area contributed by atoms with Gasteiger partial charge in [0, 0.05) is 39.3 Å². The van der Waals surface area contributed by atoms with E-state index < -0.39 is 0 Å². The summed E-state index contributed by atoms with van der Waals surface area (Å²) in [6.07, 6.45) is 11.3. The molecule has 3 N–H and O–H groups in total. The monoisotopic (exact) mass is 294 g/mol. The van der Waals surface area contributed by atoms with Crippen molar-refractivity contribution in [2.75, 3.05) is 45.8 Å². The van der Waals surface area contributed by atoms with Crippen molar-refractivity contribution in [2.45, 2.75) is 57.0 Å². The first-order valence-electron chi connectivity index (χ1n) is 9.33. The Hall–Kier alpha value is -0.160. The van der Waals surface area contributed by atoms with Gasteiger partial charge in [-0.3, -0.25) is 10.2 Å². The van der Waals surface area contributed by atoms with Crippen LogP contribution in [0.2, 0.25) is 0 Å². The molecule has 3 fully saturated rings. The quantitative estimate of drug-likeness (QED) is 0.722. The number of piperazine rings is 1. The second-order valence-electron chi connectivity index (χ2n) is 7.16. The Kier molecular flexibility index (Phi) is 5.92. The Morgan fingerprint density at radius 3 is 2.29 bits per heavy atom. The predicted octanol–water partition coefficient (Wildman–Crippen LogP) is 1.53. The largest absolute Gasteiger partial charge is 0.315 e. The van der Waals surface area contributed by atoms with Gasteiger partial charge in [0.05, 0.1) is 5.66 Å². The minimum absolute atomic E-state index is 0.224. The molecule has 2 saturated heterocycles. The Bertz CT molecular complexity index is 285. The average molecular weight is 294 g/mol. The van der Waals surface area contributed by atoms with Crippen molar-refractivity contribution in [3.63, 3.8) is 0 Å². The molecule has 0 amide bonds. The summed E-state index contributed by atoms with van der Waals surface area (Å²) in [5, 5.41) is 11.3. The lowest BCUT2D eigenvalue weighted by molar-refractivity contribution is -0.0165. The molecule has 0 aromatic heterocycles. The zero-order valence-electron chi connectivity index (χ0n) is 13.6. The van der Waals surface area contributed by atoms with E-state index in [9.17, 15) is 0 Å². The van der Waals surface area contributed by atoms with E-state index in [1.807, 2.05) is 0 Å². The highest BCUT2D eigenvalue weighted by molar-refractivity contribution is 4.99. The van der Waals surface area contributed by atoms with E-state index in [0.717, 1.165) is 32.1 Å². The van der Waals surface area contributed by atoms with E-state index in [2.05, 4.69) is 20.9 Å². The maximum atomic E-state index is 3.98. The van der Waals surface area contributed by atoms with Gasteiger partial charge in [0.25, 0.3) is 0 Å². The summed E-state index contributed by atoms with van der Waals surface area (Å²) in [7, 11) is 0. The summed E-state index contributed by atoms with van der Waals surface area (Å²) in [5.41, 5.74) is 0.224. The molecule has 3 aliphatic rings. The fourth-order valence-electron chi connectivity index (χ4n) is 4.66. The van der Waals surface area contributed by atoms with E-state index in [4.69, 9.17) is 0 Å². The molecule has 0 aromatic rings. The standard InChI is InChI=1S/C17H34N4/c1-2-4-7-16(8-5-3-1)17(15-19-10-11-20-17)21-13-6-9-18-12-14-21/h16,18-20H,1-15H2. The van der Waals surface area contributed by atoms with Crippen molar-refractivity contribution < 1.29 is 0 Å². The van der Waals surface area contributed by atoms with E-state index >= 15 is 0 Å². The summed E-state index contributed by atoms with van der Waals surface area (Å²) < 4.78 is 0. The fraction of sp³-hybridized carbons (Fsp3) is 1.00. The minimum Gasteiger partial charge on any atom is -0.315 e. The maximum absolute atomic E-state index is 3.98. The van der Waals surface area contributed by atoms with Gasteiger partial charge in [-0.2, -0.15) is 0 Å². The van der Waals surface area contributed by atoms with Gasteiger partial charge in [-0.15, -0.1) is 0 Å². The van der Waals surface area contributed by atoms with Crippen LogP contribution in [0, 0.1) is 5.92 Å². The Morgan fingerprint density at radius 2 is 1.52 bits per heavy atom. The fourth-order valence-corrected chi connectivity index (χ4v) is 4.66. The second-order valence-corrected chi connectivity index (χ2v) is 7.16. The Balaban J connectivity index is 1.76. The second kappa shape index (κ2) is 7.91. The lowest BCUT2D eigenvalue weighted by atomic mass is 9.79. The average Bonchev–Trinajstić information content (AvgIpc) is 2.77. The SMILES string of the molecule is C1CCCC(C2(N3CCCNCC3)CNCCN2)CCC1. The van der Waals surface area contributed by atoms with Crippen molar-refractivity contribution >= 4 is 0 Å². The van der Waals surface area contributed by atoms with Crippen LogP contribution < -0.4 is 16.0 Å². The zero-order valence-corrected chi connectivity index (χ0v) is 13.6. The van der Waals surface area contributed by atoms with Gasteiger partial charge in [-0.1, -0.05) is 32.1 Å². The smallest absolute Gasteiger partial charge is 0.0870 e. The van der Waals surface area contributed by atoms with Crippen molar-refractivity contribution in [1.82, 2.24) is 20.9 Å². The molecule has 3 rings (SSSR count). The number of nitrogens with zero attached hydrogens (tertiary/aromatic N) is 1. The number of rotatable bonds is 2. The molecule has 2 aliphatic heterocycles. The molecular weight excluding hydrogens is 260 g/mol. The molecule has 4 heteroatoms. The topological polar surface area (TPSA) is 39.3 Å². The first-order valence-corrected chi connectivity index (χ1v) is 9.33. The van der Waals surface area contributed by atoms with E-state index in [-0.39, 0.29) is 5.66 Å². The Labute approximate surface area is 130 Å². The summed E-state index contributed by atoms with van der Waals surface area (Å²) in [5.74, 6) is 0.823. The molecule has 21 heavy (non-hydrogen) atoms. The lowest BCUT2D eigenvalue weighted by Gasteiger charge is -2.52. The third-order valence-corrected chi connectivity index (χ3v) is 5.81. The molecule has 0 bridgehead atoms. The van der Waals surface area contributed by atoms with Crippen LogP contribution >= 0.6 is 0 Å². The van der Waals surface area contributed by atoms with Gasteiger partial charge >= 0.3 is 0 Å². The number of hydrogen-bond acceptors (Lipinski definition) is 4. The van der Waals surface area contributed by atoms with Gasteiger partial charge < -0.3 is 10.6 Å². The summed E-state index contributed by atoms with van der Waals surface area (Å²) in [6, 6.07) is 0. The van der Waals surface area contributed by atoms with Crippen LogP contribution in [0.4, 0.5) is 0 Å². The first kappa shape index (κ1) is 15.7. The molecule has 4 nitrogen and oxygen atoms in total. The summed E-state index contributed by atoms with van der Waals surface area (Å²) in [6.45, 7) is 8.17. The van der Waals surface area contributed by atoms with Crippen molar-refractivity contribution in [3.05, 3.63) is 0 Å². The van der Waals surface area contributed by atoms with Gasteiger partial charge in [0.1, 0.15) is 0 Å². The van der Waals surface area contributed by atoms with Gasteiger partial charge in [-0.05, 0) is 31.7 Å². The molecule has 1 atom stereocenters. The molecular formula is C17H34N4. The van der Waals surface area contributed by atoms with Crippen LogP contribution in [-0.4, -0.2) is 56.4 Å². The third kappa shape index (κ3) is 3.79. The van der Waals surface area contributed by atoms with Gasteiger partial charge in [0.2, 0.25) is 0 Å². The van der Waals surface area contributed by atoms with E-state index in [1.54, 1.807) is 0 Å². The summed E-state index contributed by atoms with van der Waals surface area (Å²) >= 11 is 0. The Morgan fingerprint density at radius 1 is 0.714 bits per heavy atom. The molecule has 122 valence electrons. The van der Waals surface area contributed by atoms with Crippen LogP contribution in [0.25, 0.3) is 0 Å². The normalized spacial score (nSPS) is 34.9. The molecule has 0 radical (unpaired) electrons. The van der Waals surface area contributed by atoms with Crippen molar-refractivity contribution in [1.29, 1.82) is 0 Å². The minimum atomic E-state index is 0.224. The molecule has 0 spiro atoms. The molecule has 1 saturated carbocycles. The molecule has 0 aromatic carbocycles. The zero-order chi connectivity index (χ0) is 14.4. The highest BCUT2D eigenvalue weighted by Crippen LogP contribution is 2.34.